The van der Waals surface area contributed by atoms with Crippen molar-refractivity contribution < 1.29 is 0 Å². The van der Waals surface area contributed by atoms with E-state index in [0.29, 0.717) is 10.0 Å². The number of hydrogen-bond acceptors (Lipinski definition) is 1. The lowest BCUT2D eigenvalue weighted by atomic mass is 9.93. The maximum Gasteiger partial charge on any atom is 0.0594 e. The fraction of sp³-hybridized carbons (Fsp3) is 0.333. The van der Waals surface area contributed by atoms with Crippen molar-refractivity contribution >= 4 is 23.2 Å². The van der Waals surface area contributed by atoms with Crippen LogP contribution >= 0.6 is 23.2 Å². The van der Waals surface area contributed by atoms with Crippen LogP contribution in [0.4, 0.5) is 0 Å². The van der Waals surface area contributed by atoms with Gasteiger partial charge in [-0.25, -0.2) is 0 Å². The fourth-order valence-electron chi connectivity index (χ4n) is 2.56. The molecule has 1 unspecified atom stereocenters. The molecule has 0 aliphatic carbocycles. The maximum atomic E-state index is 6.41. The predicted octanol–water partition coefficient (Wildman–Crippen LogP) is 5.70. The zero-order valence-corrected chi connectivity index (χ0v) is 14.2. The average Bonchev–Trinajstić information content (AvgIpc) is 2.42. The molecule has 0 fully saturated rings. The number of nitrogens with one attached hydrogen (secondary N) is 1. The van der Waals surface area contributed by atoms with Gasteiger partial charge in [0.25, 0.3) is 0 Å². The predicted molar refractivity (Wildman–Crippen MR) is 92.5 cm³/mol. The van der Waals surface area contributed by atoms with Crippen LogP contribution in [-0.4, -0.2) is 6.54 Å². The van der Waals surface area contributed by atoms with Crippen LogP contribution in [0.5, 0.6) is 0 Å². The maximum absolute atomic E-state index is 6.41. The SMILES string of the molecule is CCCNC(c1ccc(C)cc1C)c1ccc(Cl)cc1Cl. The monoisotopic (exact) mass is 321 g/mol. The standard InChI is InChI=1S/C18H21Cl2N/c1-4-9-21-18(15-7-5-12(2)10-13(15)3)16-8-6-14(19)11-17(16)20/h5-8,10-11,18,21H,4,9H2,1-3H3. The van der Waals surface area contributed by atoms with Crippen molar-refractivity contribution in [3.05, 3.63) is 68.7 Å². The Labute approximate surface area is 137 Å². The molecule has 0 heterocycles. The van der Waals surface area contributed by atoms with Gasteiger partial charge in [0.2, 0.25) is 0 Å². The van der Waals surface area contributed by atoms with Crippen molar-refractivity contribution in [2.45, 2.75) is 33.2 Å². The Bertz CT molecular complexity index is 571. The van der Waals surface area contributed by atoms with E-state index in [-0.39, 0.29) is 6.04 Å². The van der Waals surface area contributed by atoms with Crippen molar-refractivity contribution in [2.24, 2.45) is 0 Å². The molecule has 2 rings (SSSR count). The van der Waals surface area contributed by atoms with Gasteiger partial charge in [0.1, 0.15) is 0 Å². The summed E-state index contributed by atoms with van der Waals surface area (Å²) in [6.07, 6.45) is 1.08. The van der Waals surface area contributed by atoms with E-state index in [2.05, 4.69) is 44.3 Å². The van der Waals surface area contributed by atoms with Gasteiger partial charge in [-0.05, 0) is 55.6 Å². The summed E-state index contributed by atoms with van der Waals surface area (Å²) >= 11 is 12.4. The Morgan fingerprint density at radius 3 is 2.33 bits per heavy atom. The third-order valence-electron chi connectivity index (χ3n) is 3.61. The molecule has 0 saturated heterocycles. The Kier molecular flexibility index (Phi) is 5.69. The van der Waals surface area contributed by atoms with E-state index in [9.17, 15) is 0 Å². The highest BCUT2D eigenvalue weighted by Gasteiger charge is 2.18. The Hall–Kier alpha value is -1.02. The van der Waals surface area contributed by atoms with Gasteiger partial charge in [0.05, 0.1) is 6.04 Å². The molecule has 0 saturated carbocycles. The second kappa shape index (κ2) is 7.31. The number of rotatable bonds is 5. The van der Waals surface area contributed by atoms with Crippen LogP contribution in [0.3, 0.4) is 0 Å². The number of hydrogen-bond donors (Lipinski definition) is 1. The first-order valence-electron chi connectivity index (χ1n) is 7.28. The van der Waals surface area contributed by atoms with Crippen LogP contribution in [0.1, 0.15) is 41.6 Å². The second-order valence-corrected chi connectivity index (χ2v) is 6.26. The quantitative estimate of drug-likeness (QED) is 0.744. The molecule has 1 N–H and O–H groups in total. The molecule has 2 aromatic carbocycles. The summed E-state index contributed by atoms with van der Waals surface area (Å²) in [5.74, 6) is 0. The second-order valence-electron chi connectivity index (χ2n) is 5.41. The molecule has 1 atom stereocenters. The average molecular weight is 322 g/mol. The van der Waals surface area contributed by atoms with E-state index >= 15 is 0 Å². The molecular formula is C18H21Cl2N. The summed E-state index contributed by atoms with van der Waals surface area (Å²) in [7, 11) is 0. The largest absolute Gasteiger partial charge is 0.306 e. The molecule has 2 aromatic rings. The summed E-state index contributed by atoms with van der Waals surface area (Å²) in [6.45, 7) is 7.36. The molecular weight excluding hydrogens is 301 g/mol. The lowest BCUT2D eigenvalue weighted by Crippen LogP contribution is -2.24. The van der Waals surface area contributed by atoms with Crippen molar-refractivity contribution in [1.82, 2.24) is 5.32 Å². The third-order valence-corrected chi connectivity index (χ3v) is 4.17. The topological polar surface area (TPSA) is 12.0 Å². The van der Waals surface area contributed by atoms with Crippen LogP contribution in [-0.2, 0) is 0 Å². The summed E-state index contributed by atoms with van der Waals surface area (Å²) in [5, 5.41) is 4.97. The minimum absolute atomic E-state index is 0.0929. The van der Waals surface area contributed by atoms with Crippen molar-refractivity contribution in [3.63, 3.8) is 0 Å². The summed E-state index contributed by atoms with van der Waals surface area (Å²) in [4.78, 5) is 0. The lowest BCUT2D eigenvalue weighted by Gasteiger charge is -2.23. The minimum atomic E-state index is 0.0929. The number of benzene rings is 2. The van der Waals surface area contributed by atoms with Crippen molar-refractivity contribution in [2.75, 3.05) is 6.54 Å². The van der Waals surface area contributed by atoms with Gasteiger partial charge in [-0.3, -0.25) is 0 Å². The Morgan fingerprint density at radius 1 is 1.00 bits per heavy atom. The van der Waals surface area contributed by atoms with Crippen LogP contribution in [0, 0.1) is 13.8 Å². The molecule has 0 aliphatic rings. The van der Waals surface area contributed by atoms with Gasteiger partial charge in [0.15, 0.2) is 0 Å². The summed E-state index contributed by atoms with van der Waals surface area (Å²) in [6, 6.07) is 12.3. The molecule has 21 heavy (non-hydrogen) atoms. The van der Waals surface area contributed by atoms with Crippen molar-refractivity contribution in [1.29, 1.82) is 0 Å². The number of halogens is 2. The zero-order valence-electron chi connectivity index (χ0n) is 12.7. The van der Waals surface area contributed by atoms with Gasteiger partial charge in [-0.1, -0.05) is 60.0 Å². The first-order chi connectivity index (χ1) is 10.0. The van der Waals surface area contributed by atoms with E-state index < -0.39 is 0 Å². The first-order valence-corrected chi connectivity index (χ1v) is 8.04. The highest BCUT2D eigenvalue weighted by molar-refractivity contribution is 6.35. The van der Waals surface area contributed by atoms with E-state index in [4.69, 9.17) is 23.2 Å². The molecule has 0 radical (unpaired) electrons. The molecule has 0 spiro atoms. The molecule has 0 aliphatic heterocycles. The normalized spacial score (nSPS) is 12.4. The molecule has 0 aromatic heterocycles. The third kappa shape index (κ3) is 4.00. The van der Waals surface area contributed by atoms with Gasteiger partial charge in [0, 0.05) is 10.0 Å². The van der Waals surface area contributed by atoms with Crippen molar-refractivity contribution in [3.8, 4) is 0 Å². The molecule has 112 valence electrons. The van der Waals surface area contributed by atoms with Gasteiger partial charge in [-0.15, -0.1) is 0 Å². The Morgan fingerprint density at radius 2 is 1.71 bits per heavy atom. The number of aryl methyl sites for hydroxylation is 2. The van der Waals surface area contributed by atoms with E-state index in [1.807, 2.05) is 18.2 Å². The lowest BCUT2D eigenvalue weighted by molar-refractivity contribution is 0.596. The first kappa shape index (κ1) is 16.4. The molecule has 0 amide bonds. The van der Waals surface area contributed by atoms with E-state index in [0.717, 1.165) is 18.5 Å². The summed E-state index contributed by atoms with van der Waals surface area (Å²) < 4.78 is 0. The van der Waals surface area contributed by atoms with Gasteiger partial charge in [-0.2, -0.15) is 0 Å². The van der Waals surface area contributed by atoms with E-state index in [1.165, 1.54) is 16.7 Å². The van der Waals surface area contributed by atoms with Crippen LogP contribution in [0.2, 0.25) is 10.0 Å². The summed E-state index contributed by atoms with van der Waals surface area (Å²) in [5.41, 5.74) is 4.88. The Balaban J connectivity index is 2.46. The fourth-order valence-corrected chi connectivity index (χ4v) is 3.08. The highest BCUT2D eigenvalue weighted by Crippen LogP contribution is 2.32. The highest BCUT2D eigenvalue weighted by atomic mass is 35.5. The zero-order chi connectivity index (χ0) is 15.4. The smallest absolute Gasteiger partial charge is 0.0594 e. The van der Waals surface area contributed by atoms with Crippen LogP contribution in [0.25, 0.3) is 0 Å². The molecule has 1 nitrogen and oxygen atoms in total. The van der Waals surface area contributed by atoms with Crippen LogP contribution < -0.4 is 5.32 Å². The molecule has 3 heteroatoms. The van der Waals surface area contributed by atoms with Gasteiger partial charge >= 0.3 is 0 Å². The van der Waals surface area contributed by atoms with Crippen LogP contribution in [0.15, 0.2) is 36.4 Å². The molecule has 0 bridgehead atoms. The van der Waals surface area contributed by atoms with Gasteiger partial charge < -0.3 is 5.32 Å². The van der Waals surface area contributed by atoms with E-state index in [1.54, 1.807) is 0 Å². The minimum Gasteiger partial charge on any atom is -0.306 e.